The maximum absolute atomic E-state index is 12.2. The minimum Gasteiger partial charge on any atom is -0.469 e. The zero-order valence-corrected chi connectivity index (χ0v) is 11.6. The molecule has 0 saturated heterocycles. The van der Waals surface area contributed by atoms with Gasteiger partial charge in [0.1, 0.15) is 5.75 Å². The minimum atomic E-state index is -5.69. The van der Waals surface area contributed by atoms with Crippen molar-refractivity contribution in [2.45, 2.75) is 24.3 Å². The Labute approximate surface area is 118 Å². The number of esters is 1. The molecule has 0 heterocycles. The number of hydrogen-bond acceptors (Lipinski definition) is 5. The average Bonchev–Trinajstić information content (AvgIpc) is 2.79. The van der Waals surface area contributed by atoms with Crippen LogP contribution in [-0.4, -0.2) is 27.0 Å². The van der Waals surface area contributed by atoms with Crippen molar-refractivity contribution >= 4 is 16.1 Å². The zero-order valence-electron chi connectivity index (χ0n) is 10.8. The number of aryl methyl sites for hydroxylation is 1. The van der Waals surface area contributed by atoms with E-state index in [0.29, 0.717) is 24.0 Å². The number of halogens is 3. The Kier molecular flexibility index (Phi) is 3.87. The Morgan fingerprint density at radius 3 is 2.57 bits per heavy atom. The van der Waals surface area contributed by atoms with Gasteiger partial charge in [0, 0.05) is 0 Å². The first kappa shape index (κ1) is 15.6. The van der Waals surface area contributed by atoms with Crippen LogP contribution in [0.5, 0.6) is 5.75 Å². The van der Waals surface area contributed by atoms with Crippen LogP contribution >= 0.6 is 0 Å². The fraction of sp³-hybridized carbons (Fsp3) is 0.417. The summed E-state index contributed by atoms with van der Waals surface area (Å²) in [5.74, 6) is -1.36. The van der Waals surface area contributed by atoms with Crippen LogP contribution in [0.2, 0.25) is 0 Å². The highest BCUT2D eigenvalue weighted by atomic mass is 32.2. The Bertz CT molecular complexity index is 666. The summed E-state index contributed by atoms with van der Waals surface area (Å²) in [7, 11) is -4.45. The third kappa shape index (κ3) is 2.97. The van der Waals surface area contributed by atoms with Crippen LogP contribution in [0, 0.1) is 0 Å². The maximum Gasteiger partial charge on any atom is 0.534 e. The van der Waals surface area contributed by atoms with Gasteiger partial charge in [0.2, 0.25) is 0 Å². The molecule has 21 heavy (non-hydrogen) atoms. The van der Waals surface area contributed by atoms with E-state index in [1.54, 1.807) is 0 Å². The van der Waals surface area contributed by atoms with Gasteiger partial charge in [-0.2, -0.15) is 21.6 Å². The van der Waals surface area contributed by atoms with Crippen molar-refractivity contribution in [1.82, 2.24) is 0 Å². The highest BCUT2D eigenvalue weighted by molar-refractivity contribution is 7.88. The molecule has 1 aromatic carbocycles. The molecule has 0 spiro atoms. The maximum atomic E-state index is 12.2. The van der Waals surface area contributed by atoms with E-state index in [1.807, 2.05) is 0 Å². The number of fused-ring (bicyclic) bond motifs is 1. The molecule has 1 atom stereocenters. The molecular formula is C12H11F3O5S. The van der Waals surface area contributed by atoms with Crippen molar-refractivity contribution in [2.75, 3.05) is 7.11 Å². The highest BCUT2D eigenvalue weighted by Gasteiger charge is 2.48. The van der Waals surface area contributed by atoms with Crippen molar-refractivity contribution in [3.05, 3.63) is 29.3 Å². The number of alkyl halides is 3. The molecule has 9 heteroatoms. The summed E-state index contributed by atoms with van der Waals surface area (Å²) in [4.78, 5) is 11.5. The molecule has 0 amide bonds. The van der Waals surface area contributed by atoms with Crippen LogP contribution in [0.1, 0.15) is 23.5 Å². The molecule has 1 unspecified atom stereocenters. The van der Waals surface area contributed by atoms with Gasteiger partial charge in [-0.05, 0) is 36.1 Å². The predicted octanol–water partition coefficient (Wildman–Crippen LogP) is 2.12. The van der Waals surface area contributed by atoms with E-state index in [1.165, 1.54) is 19.2 Å². The number of hydrogen-bond donors (Lipinski definition) is 0. The molecule has 0 saturated carbocycles. The third-order valence-electron chi connectivity index (χ3n) is 3.17. The molecular weight excluding hydrogens is 313 g/mol. The average molecular weight is 324 g/mol. The van der Waals surface area contributed by atoms with E-state index in [4.69, 9.17) is 0 Å². The number of benzene rings is 1. The van der Waals surface area contributed by atoms with Crippen LogP contribution in [0.15, 0.2) is 18.2 Å². The lowest BCUT2D eigenvalue weighted by Gasteiger charge is -2.12. The molecule has 0 N–H and O–H groups in total. The molecule has 2 rings (SSSR count). The quantitative estimate of drug-likeness (QED) is 0.484. The van der Waals surface area contributed by atoms with Gasteiger partial charge < -0.3 is 8.92 Å². The second-order valence-corrected chi connectivity index (χ2v) is 6.00. The first-order valence-corrected chi connectivity index (χ1v) is 7.28. The van der Waals surface area contributed by atoms with Gasteiger partial charge in [0.15, 0.2) is 0 Å². The fourth-order valence-electron chi connectivity index (χ4n) is 2.21. The topological polar surface area (TPSA) is 69.7 Å². The zero-order chi connectivity index (χ0) is 15.8. The van der Waals surface area contributed by atoms with Gasteiger partial charge in [0.05, 0.1) is 13.0 Å². The predicted molar refractivity (Wildman–Crippen MR) is 65.1 cm³/mol. The summed E-state index contributed by atoms with van der Waals surface area (Å²) >= 11 is 0. The Morgan fingerprint density at radius 1 is 1.33 bits per heavy atom. The summed E-state index contributed by atoms with van der Waals surface area (Å²) in [6.45, 7) is 0. The van der Waals surface area contributed by atoms with Gasteiger partial charge in [-0.15, -0.1) is 0 Å². The van der Waals surface area contributed by atoms with E-state index in [2.05, 4.69) is 8.92 Å². The largest absolute Gasteiger partial charge is 0.534 e. The van der Waals surface area contributed by atoms with Crippen LogP contribution < -0.4 is 4.18 Å². The Morgan fingerprint density at radius 2 is 2.00 bits per heavy atom. The lowest BCUT2D eigenvalue weighted by atomic mass is 10.0. The van der Waals surface area contributed by atoms with Crippen LogP contribution in [0.3, 0.4) is 0 Å². The first-order valence-electron chi connectivity index (χ1n) is 5.87. The molecule has 0 radical (unpaired) electrons. The number of carbonyl (C=O) groups excluding carboxylic acids is 1. The first-order chi connectivity index (χ1) is 9.65. The monoisotopic (exact) mass is 324 g/mol. The minimum absolute atomic E-state index is 0.429. The number of carbonyl (C=O) groups is 1. The fourth-order valence-corrected chi connectivity index (χ4v) is 2.66. The van der Waals surface area contributed by atoms with Gasteiger partial charge in [-0.3, -0.25) is 4.79 Å². The van der Waals surface area contributed by atoms with Gasteiger partial charge in [-0.1, -0.05) is 6.07 Å². The van der Waals surface area contributed by atoms with E-state index in [-0.39, 0.29) is 0 Å². The SMILES string of the molecule is COC(=O)C1CCc2cc(OS(=O)(=O)C(F)(F)F)ccc21. The number of rotatable bonds is 3. The van der Waals surface area contributed by atoms with E-state index in [0.717, 1.165) is 6.07 Å². The Balaban J connectivity index is 2.27. The summed E-state index contributed by atoms with van der Waals surface area (Å²) in [5, 5.41) is 0. The van der Waals surface area contributed by atoms with E-state index >= 15 is 0 Å². The van der Waals surface area contributed by atoms with Gasteiger partial charge in [0.25, 0.3) is 0 Å². The van der Waals surface area contributed by atoms with Gasteiger partial charge >= 0.3 is 21.6 Å². The molecule has 0 aliphatic heterocycles. The van der Waals surface area contributed by atoms with Crippen molar-refractivity contribution in [3.63, 3.8) is 0 Å². The molecule has 0 aromatic heterocycles. The van der Waals surface area contributed by atoms with Crippen LogP contribution in [0.25, 0.3) is 0 Å². The standard InChI is InChI=1S/C12H11F3O5S/c1-19-11(16)10-4-2-7-6-8(3-5-9(7)10)20-21(17,18)12(13,14)15/h3,5-6,10H,2,4H2,1H3. The summed E-state index contributed by atoms with van der Waals surface area (Å²) in [5.41, 5.74) is -4.31. The highest BCUT2D eigenvalue weighted by Crippen LogP contribution is 2.37. The molecule has 1 aromatic rings. The number of methoxy groups -OCH3 is 1. The molecule has 1 aliphatic carbocycles. The third-order valence-corrected chi connectivity index (χ3v) is 4.15. The van der Waals surface area contributed by atoms with Crippen molar-refractivity contribution in [2.24, 2.45) is 0 Å². The van der Waals surface area contributed by atoms with Crippen molar-refractivity contribution < 1.29 is 35.3 Å². The van der Waals surface area contributed by atoms with E-state index < -0.39 is 33.3 Å². The molecule has 116 valence electrons. The molecule has 1 aliphatic rings. The lowest BCUT2D eigenvalue weighted by molar-refractivity contribution is -0.142. The molecule has 0 bridgehead atoms. The summed E-state index contributed by atoms with van der Waals surface area (Å²) in [6, 6.07) is 3.66. The van der Waals surface area contributed by atoms with Crippen LogP contribution in [-0.2, 0) is 26.1 Å². The van der Waals surface area contributed by atoms with Crippen molar-refractivity contribution in [1.29, 1.82) is 0 Å². The molecule has 5 nitrogen and oxygen atoms in total. The Hall–Kier alpha value is -1.77. The number of ether oxygens (including phenoxy) is 1. The summed E-state index contributed by atoms with van der Waals surface area (Å²) in [6.07, 6.45) is 0.885. The van der Waals surface area contributed by atoms with Crippen LogP contribution in [0.4, 0.5) is 13.2 Å². The molecule has 0 fully saturated rings. The smallest absolute Gasteiger partial charge is 0.469 e. The lowest BCUT2D eigenvalue weighted by Crippen LogP contribution is -2.28. The van der Waals surface area contributed by atoms with Crippen molar-refractivity contribution in [3.8, 4) is 5.75 Å². The van der Waals surface area contributed by atoms with E-state index in [9.17, 15) is 26.4 Å². The normalized spacial score (nSPS) is 18.2. The summed E-state index contributed by atoms with van der Waals surface area (Å²) < 4.78 is 67.2. The second-order valence-electron chi connectivity index (χ2n) is 4.46. The second kappa shape index (κ2) is 5.21. The van der Waals surface area contributed by atoms with Gasteiger partial charge in [-0.25, -0.2) is 0 Å².